The van der Waals surface area contributed by atoms with Crippen molar-refractivity contribution in [3.63, 3.8) is 0 Å². The molecule has 0 radical (unpaired) electrons. The Morgan fingerprint density at radius 1 is 1.06 bits per heavy atom. The van der Waals surface area contributed by atoms with E-state index in [0.717, 1.165) is 40.4 Å². The normalized spacial score (nSPS) is 11.0. The first kappa shape index (κ1) is 30.4. The van der Waals surface area contributed by atoms with Gasteiger partial charge in [-0.05, 0) is 90.6 Å². The number of aliphatic hydroxyl groups excluding tert-OH is 1. The van der Waals surface area contributed by atoms with Crippen molar-refractivity contribution in [2.24, 2.45) is 0 Å². The van der Waals surface area contributed by atoms with Gasteiger partial charge in [0, 0.05) is 12.1 Å². The summed E-state index contributed by atoms with van der Waals surface area (Å²) in [6.07, 6.45) is 0.386. The van der Waals surface area contributed by atoms with Crippen LogP contribution in [0.25, 0.3) is 11.4 Å². The number of aromatic nitrogens is 2. The minimum absolute atomic E-state index is 0. The second-order valence-corrected chi connectivity index (χ2v) is 8.14. The summed E-state index contributed by atoms with van der Waals surface area (Å²) in [6.45, 7) is 7.78. The molecular formula is C23H32BrCl2N3O3. The second-order valence-electron chi connectivity index (χ2n) is 7.35. The van der Waals surface area contributed by atoms with Crippen LogP contribution in [-0.2, 0) is 6.42 Å². The fraction of sp³-hybridized carbons (Fsp3) is 0.348. The number of aryl methyl sites for hydroxylation is 3. The largest absolute Gasteiger partial charge is 0.491 e. The summed E-state index contributed by atoms with van der Waals surface area (Å²) in [6, 6.07) is 14.2. The van der Waals surface area contributed by atoms with Gasteiger partial charge < -0.3 is 25.6 Å². The van der Waals surface area contributed by atoms with Crippen molar-refractivity contribution in [3.8, 4) is 17.1 Å². The van der Waals surface area contributed by atoms with Crippen LogP contribution in [0.1, 0.15) is 22.4 Å². The molecule has 0 aliphatic carbocycles. The minimum atomic E-state index is -0.557. The fourth-order valence-corrected chi connectivity index (χ4v) is 3.27. The summed E-state index contributed by atoms with van der Waals surface area (Å²) in [5.41, 5.74) is 5.85. The van der Waals surface area contributed by atoms with Crippen molar-refractivity contribution in [2.75, 3.05) is 19.7 Å². The van der Waals surface area contributed by atoms with E-state index in [1.807, 2.05) is 31.2 Å². The van der Waals surface area contributed by atoms with Crippen molar-refractivity contribution >= 4 is 40.7 Å². The number of hydrogen-bond donors (Lipinski definition) is 3. The van der Waals surface area contributed by atoms with Gasteiger partial charge in [-0.1, -0.05) is 18.2 Å². The Hall–Kier alpha value is -1.61. The molecule has 0 aliphatic rings. The molecule has 0 amide bonds. The van der Waals surface area contributed by atoms with Crippen LogP contribution >= 0.6 is 40.7 Å². The lowest BCUT2D eigenvalue weighted by molar-refractivity contribution is 0.106. The van der Waals surface area contributed by atoms with Gasteiger partial charge in [0.15, 0.2) is 0 Å². The summed E-state index contributed by atoms with van der Waals surface area (Å²) in [5.74, 6) is 1.54. The third-order valence-corrected chi connectivity index (χ3v) is 5.71. The maximum absolute atomic E-state index is 10.1. The number of benzene rings is 2. The number of nitrogens with one attached hydrogen (secondary N) is 2. The second kappa shape index (κ2) is 14.5. The number of aliphatic hydroxyl groups is 1. The molecular weight excluding hydrogens is 517 g/mol. The fourth-order valence-electron chi connectivity index (χ4n) is 3.00. The van der Waals surface area contributed by atoms with Gasteiger partial charge in [-0.2, -0.15) is 0 Å². The van der Waals surface area contributed by atoms with E-state index in [4.69, 9.17) is 4.74 Å². The number of hydrogen-bond acceptors (Lipinski definition) is 4. The number of halogens is 3. The van der Waals surface area contributed by atoms with Crippen molar-refractivity contribution in [3.05, 3.63) is 69.5 Å². The van der Waals surface area contributed by atoms with Gasteiger partial charge in [-0.3, -0.25) is 0 Å². The van der Waals surface area contributed by atoms with E-state index < -0.39 is 6.10 Å². The molecule has 3 aromatic rings. The molecule has 1 atom stereocenters. The zero-order chi connectivity index (χ0) is 20.8. The van der Waals surface area contributed by atoms with Gasteiger partial charge in [-0.15, -0.1) is 24.8 Å². The van der Waals surface area contributed by atoms with E-state index in [0.29, 0.717) is 6.54 Å². The van der Waals surface area contributed by atoms with Gasteiger partial charge in [0.1, 0.15) is 28.9 Å². The highest BCUT2D eigenvalue weighted by molar-refractivity contribution is 9.10. The number of aromatic amines is 1. The van der Waals surface area contributed by atoms with Crippen LogP contribution in [0.2, 0.25) is 0 Å². The van der Waals surface area contributed by atoms with E-state index in [1.165, 1.54) is 16.7 Å². The van der Waals surface area contributed by atoms with Crippen LogP contribution in [-0.4, -0.2) is 46.4 Å². The topological polar surface area (TPSA) is 102 Å². The predicted octanol–water partition coefficient (Wildman–Crippen LogP) is 4.36. The molecule has 1 heterocycles. The lowest BCUT2D eigenvalue weighted by atomic mass is 10.0. The smallest absolute Gasteiger partial charge is 0.138 e. The maximum atomic E-state index is 10.1. The monoisotopic (exact) mass is 547 g/mol. The third-order valence-electron chi connectivity index (χ3n) is 4.94. The van der Waals surface area contributed by atoms with E-state index in [1.54, 1.807) is 0 Å². The molecule has 1 unspecified atom stereocenters. The molecule has 3 rings (SSSR count). The van der Waals surface area contributed by atoms with E-state index in [-0.39, 0.29) is 36.9 Å². The number of imidazole rings is 1. The molecule has 0 saturated carbocycles. The molecule has 0 spiro atoms. The minimum Gasteiger partial charge on any atom is -0.491 e. The summed E-state index contributed by atoms with van der Waals surface area (Å²) in [5, 5.41) is 13.4. The maximum Gasteiger partial charge on any atom is 0.138 e. The zero-order valence-electron chi connectivity index (χ0n) is 18.4. The highest BCUT2D eigenvalue weighted by Gasteiger charge is 2.08. The first-order chi connectivity index (χ1) is 13.9. The molecule has 6 nitrogen and oxygen atoms in total. The van der Waals surface area contributed by atoms with Crippen molar-refractivity contribution in [2.45, 2.75) is 33.3 Å². The van der Waals surface area contributed by atoms with Gasteiger partial charge >= 0.3 is 0 Å². The highest BCUT2D eigenvalue weighted by atomic mass is 79.9. The number of H-pyrrole nitrogens is 1. The summed E-state index contributed by atoms with van der Waals surface area (Å²) in [4.78, 5) is 7.66. The Morgan fingerprint density at radius 2 is 1.75 bits per heavy atom. The number of nitrogens with zero attached hydrogens (tertiary/aromatic N) is 1. The average Bonchev–Trinajstić information content (AvgIpc) is 3.05. The van der Waals surface area contributed by atoms with Crippen molar-refractivity contribution in [1.82, 2.24) is 15.3 Å². The van der Waals surface area contributed by atoms with E-state index in [9.17, 15) is 5.11 Å². The van der Waals surface area contributed by atoms with Crippen molar-refractivity contribution < 1.29 is 15.3 Å². The SMILES string of the molecule is Cc1ccc(CCNCC(O)COc2ccc(-c3nc(C)c(Br)[nH]3)cc2)cc1C.Cl.Cl.O. The molecule has 0 bridgehead atoms. The van der Waals surface area contributed by atoms with Gasteiger partial charge in [0.2, 0.25) is 0 Å². The zero-order valence-corrected chi connectivity index (χ0v) is 21.7. The Morgan fingerprint density at radius 3 is 2.34 bits per heavy atom. The quantitative estimate of drug-likeness (QED) is 0.346. The molecule has 9 heteroatoms. The molecule has 0 saturated heterocycles. The highest BCUT2D eigenvalue weighted by Crippen LogP contribution is 2.23. The van der Waals surface area contributed by atoms with Crippen LogP contribution < -0.4 is 10.1 Å². The Bertz CT molecular complexity index is 933. The number of ether oxygens (including phenoxy) is 1. The molecule has 5 N–H and O–H groups in total. The van der Waals surface area contributed by atoms with Crippen LogP contribution in [0.5, 0.6) is 5.75 Å². The Labute approximate surface area is 210 Å². The summed E-state index contributed by atoms with van der Waals surface area (Å²) >= 11 is 3.44. The first-order valence-corrected chi connectivity index (χ1v) is 10.6. The lowest BCUT2D eigenvalue weighted by Gasteiger charge is -2.14. The van der Waals surface area contributed by atoms with Crippen LogP contribution in [0, 0.1) is 20.8 Å². The van der Waals surface area contributed by atoms with Gasteiger partial charge in [0.05, 0.1) is 5.69 Å². The molecule has 1 aromatic heterocycles. The first-order valence-electron chi connectivity index (χ1n) is 9.82. The molecule has 0 fully saturated rings. The molecule has 32 heavy (non-hydrogen) atoms. The van der Waals surface area contributed by atoms with Crippen LogP contribution in [0.4, 0.5) is 0 Å². The van der Waals surface area contributed by atoms with E-state index in [2.05, 4.69) is 63.3 Å². The van der Waals surface area contributed by atoms with Crippen LogP contribution in [0.15, 0.2) is 47.1 Å². The van der Waals surface area contributed by atoms with Crippen molar-refractivity contribution in [1.29, 1.82) is 0 Å². The summed E-state index contributed by atoms with van der Waals surface area (Å²) < 4.78 is 6.59. The van der Waals surface area contributed by atoms with Gasteiger partial charge in [0.25, 0.3) is 0 Å². The van der Waals surface area contributed by atoms with Crippen LogP contribution in [0.3, 0.4) is 0 Å². The Kier molecular flexibility index (Phi) is 13.8. The average molecular weight is 549 g/mol. The Balaban J connectivity index is 0.00000320. The van der Waals surface area contributed by atoms with Gasteiger partial charge in [-0.25, -0.2) is 4.98 Å². The predicted molar refractivity (Wildman–Crippen MR) is 139 cm³/mol. The third kappa shape index (κ3) is 8.73. The lowest BCUT2D eigenvalue weighted by Crippen LogP contribution is -2.32. The molecule has 0 aliphatic heterocycles. The number of rotatable bonds is 9. The molecule has 178 valence electrons. The standard InChI is InChI=1S/C23H28BrN3O2.2ClH.H2O/c1-15-4-5-18(12-16(15)2)10-11-25-13-20(28)14-29-21-8-6-19(7-9-21)23-26-17(3)22(24)27-23;;;/h4-9,12,20,25,28H,10-11,13-14H2,1-3H3,(H,26,27);2*1H;1H2. The van der Waals surface area contributed by atoms with E-state index >= 15 is 0 Å². The summed E-state index contributed by atoms with van der Waals surface area (Å²) in [7, 11) is 0. The molecule has 2 aromatic carbocycles.